The molecule has 0 atom stereocenters. The van der Waals surface area contributed by atoms with Gasteiger partial charge in [-0.2, -0.15) is 0 Å². The molecule has 0 saturated heterocycles. The lowest BCUT2D eigenvalue weighted by atomic mass is 10.2. The Morgan fingerprint density at radius 1 is 1.37 bits per heavy atom. The molecule has 104 valence electrons. The topological polar surface area (TPSA) is 35.1 Å². The predicted octanol–water partition coefficient (Wildman–Crippen LogP) is -0.932. The van der Waals surface area contributed by atoms with Gasteiger partial charge < -0.3 is 28.7 Å². The quantitative estimate of drug-likeness (QED) is 0.395. The molecule has 0 N–H and O–H groups in total. The molecule has 0 bridgehead atoms. The Morgan fingerprint density at radius 3 is 2.58 bits per heavy atom. The highest BCUT2D eigenvalue weighted by Gasteiger charge is 2.20. The molecular formula is C14H19IN2O2. The Balaban J connectivity index is 0.00000180. The molecule has 0 fully saturated rings. The number of methoxy groups -OCH3 is 1. The van der Waals surface area contributed by atoms with Crippen molar-refractivity contribution in [1.29, 1.82) is 0 Å². The van der Waals surface area contributed by atoms with Gasteiger partial charge in [-0.1, -0.05) is 0 Å². The van der Waals surface area contributed by atoms with Crippen LogP contribution in [0.4, 0.5) is 0 Å². The molecular weight excluding hydrogens is 355 g/mol. The number of aryl methyl sites for hydroxylation is 2. The van der Waals surface area contributed by atoms with E-state index in [0.29, 0.717) is 5.56 Å². The van der Waals surface area contributed by atoms with Crippen LogP contribution in [0.2, 0.25) is 0 Å². The molecule has 0 saturated carbocycles. The normalized spacial score (nSPS) is 10.3. The van der Waals surface area contributed by atoms with Crippen LogP contribution in [0.5, 0.6) is 0 Å². The van der Waals surface area contributed by atoms with Gasteiger partial charge >= 0.3 is 5.97 Å². The number of carbonyl (C=O) groups is 1. The number of halogens is 1. The summed E-state index contributed by atoms with van der Waals surface area (Å²) in [4.78, 5) is 11.6. The van der Waals surface area contributed by atoms with Crippen LogP contribution in [0, 0.1) is 6.92 Å². The number of esters is 1. The molecule has 1 aromatic heterocycles. The predicted molar refractivity (Wildman–Crippen MR) is 69.6 cm³/mol. The highest BCUT2D eigenvalue weighted by atomic mass is 127. The number of hydrogen-bond acceptors (Lipinski definition) is 2. The number of nitrogens with zero attached hydrogens (tertiary/aromatic N) is 2. The molecule has 19 heavy (non-hydrogen) atoms. The third kappa shape index (κ3) is 2.61. The summed E-state index contributed by atoms with van der Waals surface area (Å²) in [7, 11) is 1.41. The van der Waals surface area contributed by atoms with Gasteiger partial charge in [-0.3, -0.25) is 0 Å². The summed E-state index contributed by atoms with van der Waals surface area (Å²) in [5, 5.41) is 0. The van der Waals surface area contributed by atoms with Crippen molar-refractivity contribution >= 4 is 17.0 Å². The average Bonchev–Trinajstić information content (AvgIpc) is 2.67. The van der Waals surface area contributed by atoms with Crippen molar-refractivity contribution < 1.29 is 38.1 Å². The minimum absolute atomic E-state index is 0. The molecule has 0 aliphatic heterocycles. The highest BCUT2D eigenvalue weighted by Crippen LogP contribution is 2.17. The van der Waals surface area contributed by atoms with Crippen molar-refractivity contribution in [2.75, 3.05) is 7.11 Å². The lowest BCUT2D eigenvalue weighted by Gasteiger charge is -1.98. The van der Waals surface area contributed by atoms with Crippen molar-refractivity contribution in [1.82, 2.24) is 4.57 Å². The van der Waals surface area contributed by atoms with Crippen LogP contribution < -0.4 is 28.5 Å². The van der Waals surface area contributed by atoms with E-state index in [1.165, 1.54) is 12.9 Å². The van der Waals surface area contributed by atoms with E-state index in [1.54, 1.807) is 0 Å². The van der Waals surface area contributed by atoms with Crippen LogP contribution in [-0.4, -0.2) is 17.6 Å². The van der Waals surface area contributed by atoms with E-state index in [-0.39, 0.29) is 29.9 Å². The zero-order chi connectivity index (χ0) is 13.3. The first-order chi connectivity index (χ1) is 8.63. The first-order valence-electron chi connectivity index (χ1n) is 6.25. The van der Waals surface area contributed by atoms with E-state index in [2.05, 4.69) is 29.9 Å². The number of fused-ring (bicyclic) bond motifs is 1. The minimum atomic E-state index is -0.290. The van der Waals surface area contributed by atoms with Crippen molar-refractivity contribution in [2.24, 2.45) is 0 Å². The molecule has 1 heterocycles. The number of rotatable bonds is 3. The Labute approximate surface area is 130 Å². The largest absolute Gasteiger partial charge is 1.00 e. The van der Waals surface area contributed by atoms with Gasteiger partial charge in [-0.25, -0.2) is 13.9 Å². The van der Waals surface area contributed by atoms with E-state index >= 15 is 0 Å². The summed E-state index contributed by atoms with van der Waals surface area (Å²) in [6, 6.07) is 5.72. The third-order valence-electron chi connectivity index (χ3n) is 3.39. The molecule has 0 unspecified atom stereocenters. The van der Waals surface area contributed by atoms with Gasteiger partial charge in [0, 0.05) is 13.0 Å². The lowest BCUT2D eigenvalue weighted by molar-refractivity contribution is -0.674. The Hall–Kier alpha value is -1.11. The van der Waals surface area contributed by atoms with Crippen LogP contribution >= 0.6 is 0 Å². The molecule has 0 aliphatic carbocycles. The standard InChI is InChI=1S/C14H19N2O2.HI/c1-5-15-10(3)16(6-2)13-9-11(14(17)18-4)7-8-12(13)15;/h7-9H,5-6H2,1-4H3;1H/q+1;/p-1. The van der Waals surface area contributed by atoms with Gasteiger partial charge in [0.25, 0.3) is 5.82 Å². The summed E-state index contributed by atoms with van der Waals surface area (Å²) < 4.78 is 9.23. The Kier molecular flexibility index (Phi) is 5.34. The maximum absolute atomic E-state index is 11.6. The van der Waals surface area contributed by atoms with Crippen molar-refractivity contribution in [3.63, 3.8) is 0 Å². The number of imidazole rings is 1. The molecule has 0 amide bonds. The first-order valence-corrected chi connectivity index (χ1v) is 6.25. The van der Waals surface area contributed by atoms with E-state index < -0.39 is 0 Å². The van der Waals surface area contributed by atoms with Crippen molar-refractivity contribution in [3.8, 4) is 0 Å². The summed E-state index contributed by atoms with van der Waals surface area (Å²) in [6.45, 7) is 8.15. The zero-order valence-electron chi connectivity index (χ0n) is 11.7. The fraction of sp³-hybridized carbons (Fsp3) is 0.429. The molecule has 2 aromatic rings. The van der Waals surface area contributed by atoms with E-state index in [9.17, 15) is 4.79 Å². The van der Waals surface area contributed by atoms with Crippen LogP contribution in [0.1, 0.15) is 30.0 Å². The van der Waals surface area contributed by atoms with Crippen LogP contribution in [0.3, 0.4) is 0 Å². The first kappa shape index (κ1) is 15.9. The number of aromatic nitrogens is 2. The minimum Gasteiger partial charge on any atom is -1.00 e. The van der Waals surface area contributed by atoms with Crippen LogP contribution in [-0.2, 0) is 17.8 Å². The number of ether oxygens (including phenoxy) is 1. The van der Waals surface area contributed by atoms with Crippen molar-refractivity contribution in [2.45, 2.75) is 33.9 Å². The summed E-state index contributed by atoms with van der Waals surface area (Å²) in [5.74, 6) is 0.915. The van der Waals surface area contributed by atoms with E-state index in [1.807, 2.05) is 18.2 Å². The van der Waals surface area contributed by atoms with Crippen molar-refractivity contribution in [3.05, 3.63) is 29.6 Å². The molecule has 0 radical (unpaired) electrons. The third-order valence-corrected chi connectivity index (χ3v) is 3.39. The second kappa shape index (κ2) is 6.36. The Morgan fingerprint density at radius 2 is 2.05 bits per heavy atom. The number of hydrogen-bond donors (Lipinski definition) is 0. The lowest BCUT2D eigenvalue weighted by Crippen LogP contribution is -3.00. The van der Waals surface area contributed by atoms with Gasteiger partial charge in [0.2, 0.25) is 0 Å². The smallest absolute Gasteiger partial charge is 0.338 e. The molecule has 5 heteroatoms. The maximum atomic E-state index is 11.6. The fourth-order valence-corrected chi connectivity index (χ4v) is 2.51. The van der Waals surface area contributed by atoms with Crippen LogP contribution in [0.25, 0.3) is 11.0 Å². The van der Waals surface area contributed by atoms with Gasteiger partial charge in [0.1, 0.15) is 0 Å². The van der Waals surface area contributed by atoms with Gasteiger partial charge in [0.15, 0.2) is 11.0 Å². The monoisotopic (exact) mass is 374 g/mol. The molecule has 0 spiro atoms. The van der Waals surface area contributed by atoms with Gasteiger partial charge in [0.05, 0.1) is 25.8 Å². The molecule has 1 aromatic carbocycles. The molecule has 2 rings (SSSR count). The summed E-state index contributed by atoms with van der Waals surface area (Å²) in [5.41, 5.74) is 2.84. The fourth-order valence-electron chi connectivity index (χ4n) is 2.51. The van der Waals surface area contributed by atoms with E-state index in [4.69, 9.17) is 4.74 Å². The molecule has 0 aliphatic rings. The average molecular weight is 374 g/mol. The second-order valence-corrected chi connectivity index (χ2v) is 4.23. The zero-order valence-corrected chi connectivity index (χ0v) is 13.9. The SMILES string of the molecule is CCn1c(C)[n+](CC)c2ccc(C(=O)OC)cc21.[I-]. The van der Waals surface area contributed by atoms with Gasteiger partial charge in [-0.05, 0) is 26.0 Å². The second-order valence-electron chi connectivity index (χ2n) is 4.23. The summed E-state index contributed by atoms with van der Waals surface area (Å²) >= 11 is 0. The van der Waals surface area contributed by atoms with Crippen LogP contribution in [0.15, 0.2) is 18.2 Å². The number of benzene rings is 1. The van der Waals surface area contributed by atoms with Gasteiger partial charge in [-0.15, -0.1) is 0 Å². The Bertz CT molecular complexity index is 605. The number of carbonyl (C=O) groups excluding carboxylic acids is 1. The molecule has 4 nitrogen and oxygen atoms in total. The van der Waals surface area contributed by atoms with E-state index in [0.717, 1.165) is 24.1 Å². The summed E-state index contributed by atoms with van der Waals surface area (Å²) in [6.07, 6.45) is 0. The maximum Gasteiger partial charge on any atom is 0.338 e. The highest BCUT2D eigenvalue weighted by molar-refractivity contribution is 5.93.